The summed E-state index contributed by atoms with van der Waals surface area (Å²) in [6.07, 6.45) is 0. The van der Waals surface area contributed by atoms with Crippen molar-refractivity contribution in [2.75, 3.05) is 4.90 Å². The van der Waals surface area contributed by atoms with Gasteiger partial charge in [-0.3, -0.25) is 0 Å². The summed E-state index contributed by atoms with van der Waals surface area (Å²) in [4.78, 5) is 2.37. The molecule has 0 saturated carbocycles. The van der Waals surface area contributed by atoms with Gasteiger partial charge < -0.3 is 9.32 Å². The van der Waals surface area contributed by atoms with Crippen LogP contribution < -0.4 is 4.90 Å². The Balaban J connectivity index is 1.08. The Morgan fingerprint density at radius 2 is 0.712 bits per heavy atom. The van der Waals surface area contributed by atoms with Gasteiger partial charge in [-0.15, -0.1) is 0 Å². The second-order valence-corrected chi connectivity index (χ2v) is 13.3. The lowest BCUT2D eigenvalue weighted by molar-refractivity contribution is 0.671. The maximum atomic E-state index is 6.75. The minimum atomic E-state index is 0.906. The Morgan fingerprint density at radius 3 is 1.35 bits per heavy atom. The molecule has 0 saturated heterocycles. The fraction of sp³-hybridized carbons (Fsp3) is 0. The van der Waals surface area contributed by atoms with E-state index in [0.717, 1.165) is 61.3 Å². The van der Waals surface area contributed by atoms with Crippen molar-refractivity contribution in [3.8, 4) is 33.4 Å². The molecule has 2 heteroatoms. The highest BCUT2D eigenvalue weighted by molar-refractivity contribution is 6.13. The van der Waals surface area contributed by atoms with E-state index in [1.54, 1.807) is 0 Å². The van der Waals surface area contributed by atoms with Gasteiger partial charge in [0.2, 0.25) is 0 Å². The minimum absolute atomic E-state index is 0.906. The Kier molecular flexibility index (Phi) is 7.18. The first kappa shape index (κ1) is 30.0. The van der Waals surface area contributed by atoms with Gasteiger partial charge in [0.15, 0.2) is 0 Å². The third-order valence-electron chi connectivity index (χ3n) is 10.3. The molecule has 0 aliphatic carbocycles. The average Bonchev–Trinajstić information content (AvgIpc) is 3.61. The van der Waals surface area contributed by atoms with Crippen molar-refractivity contribution in [1.82, 2.24) is 0 Å². The SMILES string of the molecule is c1ccc(-c2cccc3c2oc2c(-c4ccc(N(c5ccc(-c6cccc7ccccc67)cc5)c5cccc6ccccc56)cc4)cccc23)cc1. The van der Waals surface area contributed by atoms with Crippen LogP contribution >= 0.6 is 0 Å². The number of para-hydroxylation sites is 2. The van der Waals surface area contributed by atoms with E-state index >= 15 is 0 Å². The number of fused-ring (bicyclic) bond motifs is 5. The van der Waals surface area contributed by atoms with Crippen LogP contribution in [0.3, 0.4) is 0 Å². The fourth-order valence-electron chi connectivity index (χ4n) is 7.78. The molecule has 1 heterocycles. The molecule has 244 valence electrons. The molecule has 0 spiro atoms. The molecule has 0 fully saturated rings. The third-order valence-corrected chi connectivity index (χ3v) is 10.3. The third kappa shape index (κ3) is 5.04. The van der Waals surface area contributed by atoms with E-state index in [-0.39, 0.29) is 0 Å². The van der Waals surface area contributed by atoms with Crippen molar-refractivity contribution >= 4 is 60.5 Å². The summed E-state index contributed by atoms with van der Waals surface area (Å²) in [5, 5.41) is 7.17. The Bertz CT molecular complexity index is 2870. The minimum Gasteiger partial charge on any atom is -0.455 e. The van der Waals surface area contributed by atoms with Crippen LogP contribution in [-0.4, -0.2) is 0 Å². The molecule has 0 radical (unpaired) electrons. The summed E-state index contributed by atoms with van der Waals surface area (Å²) >= 11 is 0. The number of hydrogen-bond acceptors (Lipinski definition) is 2. The van der Waals surface area contributed by atoms with Crippen LogP contribution in [0, 0.1) is 0 Å². The normalized spacial score (nSPS) is 11.5. The smallest absolute Gasteiger partial charge is 0.143 e. The molecule has 52 heavy (non-hydrogen) atoms. The second kappa shape index (κ2) is 12.5. The van der Waals surface area contributed by atoms with Crippen LogP contribution in [0.25, 0.3) is 76.9 Å². The van der Waals surface area contributed by atoms with Gasteiger partial charge in [0, 0.05) is 38.7 Å². The fourth-order valence-corrected chi connectivity index (χ4v) is 7.78. The summed E-state index contributed by atoms with van der Waals surface area (Å²) in [6, 6.07) is 71.5. The lowest BCUT2D eigenvalue weighted by Gasteiger charge is -2.27. The summed E-state index contributed by atoms with van der Waals surface area (Å²) in [7, 11) is 0. The predicted octanol–water partition coefficient (Wildman–Crippen LogP) is 14.4. The number of nitrogens with zero attached hydrogens (tertiary/aromatic N) is 1. The van der Waals surface area contributed by atoms with Gasteiger partial charge in [0.1, 0.15) is 11.2 Å². The van der Waals surface area contributed by atoms with Gasteiger partial charge in [0.05, 0.1) is 5.69 Å². The number of benzene rings is 9. The summed E-state index contributed by atoms with van der Waals surface area (Å²) in [5.74, 6) is 0. The van der Waals surface area contributed by atoms with Crippen molar-refractivity contribution in [2.24, 2.45) is 0 Å². The highest BCUT2D eigenvalue weighted by atomic mass is 16.3. The largest absolute Gasteiger partial charge is 0.455 e. The molecule has 9 aromatic carbocycles. The summed E-state index contributed by atoms with van der Waals surface area (Å²) in [6.45, 7) is 0. The molecular weight excluding hydrogens is 631 g/mol. The molecule has 2 nitrogen and oxygen atoms in total. The molecular formula is C50H33NO. The molecule has 10 rings (SSSR count). The average molecular weight is 664 g/mol. The van der Waals surface area contributed by atoms with Crippen LogP contribution in [0.15, 0.2) is 205 Å². The maximum Gasteiger partial charge on any atom is 0.143 e. The van der Waals surface area contributed by atoms with Crippen LogP contribution in [0.2, 0.25) is 0 Å². The van der Waals surface area contributed by atoms with E-state index in [9.17, 15) is 0 Å². The molecule has 0 aliphatic heterocycles. The van der Waals surface area contributed by atoms with Crippen molar-refractivity contribution in [3.63, 3.8) is 0 Å². The van der Waals surface area contributed by atoms with Gasteiger partial charge in [-0.1, -0.05) is 170 Å². The molecule has 0 aliphatic rings. The first-order valence-electron chi connectivity index (χ1n) is 17.8. The first-order chi connectivity index (χ1) is 25.8. The Morgan fingerprint density at radius 1 is 0.288 bits per heavy atom. The van der Waals surface area contributed by atoms with Crippen LogP contribution in [0.4, 0.5) is 17.1 Å². The van der Waals surface area contributed by atoms with E-state index in [0.29, 0.717) is 0 Å². The topological polar surface area (TPSA) is 16.4 Å². The zero-order valence-electron chi connectivity index (χ0n) is 28.4. The monoisotopic (exact) mass is 663 g/mol. The van der Waals surface area contributed by atoms with Crippen molar-refractivity contribution in [1.29, 1.82) is 0 Å². The number of rotatable bonds is 6. The Hall–Kier alpha value is -6.90. The van der Waals surface area contributed by atoms with Gasteiger partial charge in [0.25, 0.3) is 0 Å². The highest BCUT2D eigenvalue weighted by Gasteiger charge is 2.18. The molecule has 0 bridgehead atoms. The molecule has 0 N–H and O–H groups in total. The predicted molar refractivity (Wildman–Crippen MR) is 220 cm³/mol. The highest BCUT2D eigenvalue weighted by Crippen LogP contribution is 2.43. The van der Waals surface area contributed by atoms with Gasteiger partial charge in [-0.25, -0.2) is 0 Å². The van der Waals surface area contributed by atoms with Crippen molar-refractivity contribution in [3.05, 3.63) is 200 Å². The van der Waals surface area contributed by atoms with Crippen LogP contribution in [0.5, 0.6) is 0 Å². The quantitative estimate of drug-likeness (QED) is 0.176. The van der Waals surface area contributed by atoms with Gasteiger partial charge >= 0.3 is 0 Å². The zero-order valence-corrected chi connectivity index (χ0v) is 28.4. The van der Waals surface area contributed by atoms with Crippen LogP contribution in [0.1, 0.15) is 0 Å². The van der Waals surface area contributed by atoms with Crippen molar-refractivity contribution < 1.29 is 4.42 Å². The molecule has 1 aromatic heterocycles. The van der Waals surface area contributed by atoms with Gasteiger partial charge in [-0.05, 0) is 68.7 Å². The van der Waals surface area contributed by atoms with E-state index in [1.807, 2.05) is 6.07 Å². The van der Waals surface area contributed by atoms with E-state index in [2.05, 4.69) is 199 Å². The van der Waals surface area contributed by atoms with E-state index in [1.165, 1.54) is 32.7 Å². The summed E-state index contributed by atoms with van der Waals surface area (Å²) < 4.78 is 6.75. The zero-order chi connectivity index (χ0) is 34.4. The summed E-state index contributed by atoms with van der Waals surface area (Å²) in [5.41, 5.74) is 12.0. The maximum absolute atomic E-state index is 6.75. The lowest BCUT2D eigenvalue weighted by atomic mass is 9.98. The van der Waals surface area contributed by atoms with E-state index < -0.39 is 0 Å². The lowest BCUT2D eigenvalue weighted by Crippen LogP contribution is -2.10. The first-order valence-corrected chi connectivity index (χ1v) is 17.8. The van der Waals surface area contributed by atoms with E-state index in [4.69, 9.17) is 4.42 Å². The number of furan rings is 1. The number of anilines is 3. The molecule has 0 atom stereocenters. The molecule has 0 amide bonds. The van der Waals surface area contributed by atoms with Crippen molar-refractivity contribution in [2.45, 2.75) is 0 Å². The van der Waals surface area contributed by atoms with Gasteiger partial charge in [-0.2, -0.15) is 0 Å². The van der Waals surface area contributed by atoms with Crippen LogP contribution in [-0.2, 0) is 0 Å². The molecule has 10 aromatic rings. The standard InChI is InChI=1S/C50H33NO/c1-2-12-36(13-3-1)44-21-10-23-46-47-24-11-22-45(50(47)52-49(44)46)38-28-32-40(33-29-38)51(48-25-9-17-35-15-5-7-19-43(35)48)39-30-26-37(27-31-39)42-20-8-16-34-14-4-6-18-41(34)42/h1-33H. The molecule has 0 unspecified atom stereocenters. The second-order valence-electron chi connectivity index (χ2n) is 13.3. The Labute approximate surface area is 302 Å². The number of hydrogen-bond donors (Lipinski definition) is 0.